The third-order valence-corrected chi connectivity index (χ3v) is 10.4. The third kappa shape index (κ3) is 4.44. The van der Waals surface area contributed by atoms with Gasteiger partial charge in [0.2, 0.25) is 0 Å². The molecule has 0 bridgehead atoms. The Morgan fingerprint density at radius 3 is 1.80 bits per heavy atom. The molecule has 0 amide bonds. The van der Waals surface area contributed by atoms with Crippen molar-refractivity contribution < 1.29 is 0 Å². The van der Waals surface area contributed by atoms with Gasteiger partial charge in [-0.3, -0.25) is 0 Å². The summed E-state index contributed by atoms with van der Waals surface area (Å²) < 4.78 is 2.47. The van der Waals surface area contributed by atoms with Crippen molar-refractivity contribution in [3.63, 3.8) is 0 Å². The molecule has 0 N–H and O–H groups in total. The van der Waals surface area contributed by atoms with Crippen LogP contribution in [0.3, 0.4) is 0 Å². The van der Waals surface area contributed by atoms with E-state index in [4.69, 9.17) is 0 Å². The Hall–Kier alpha value is -4.88. The molecule has 8 rings (SSSR count). The predicted octanol–water partition coefficient (Wildman–Crippen LogP) is 11.9. The molecule has 0 fully saturated rings. The van der Waals surface area contributed by atoms with Crippen molar-refractivity contribution in [2.45, 2.75) is 60.3 Å². The largest absolute Gasteiger partial charge is 0.309 e. The van der Waals surface area contributed by atoms with Crippen molar-refractivity contribution in [1.82, 2.24) is 4.57 Å². The van der Waals surface area contributed by atoms with Crippen molar-refractivity contribution >= 4 is 21.8 Å². The molecule has 0 spiro atoms. The minimum atomic E-state index is -0.133. The van der Waals surface area contributed by atoms with Crippen LogP contribution in [0.5, 0.6) is 0 Å². The number of aryl methyl sites for hydroxylation is 5. The standard InChI is InChI=1S/C45H41N/c1-27-9-15-32(16-10-27)22-33-23-41-37(24-36(33)35-20-29(3)8-14-31(35)5)38-25-40-39-21-30(4)13-19-43(39)46(34-17-11-28(2)12-18-34)44(40)26-42(38)45(41,6)7/h8-21,23-26H,22H2,1-7H3. The Balaban J connectivity index is 1.41. The number of nitrogens with zero attached hydrogens (tertiary/aromatic N) is 1. The number of aromatic nitrogens is 1. The topological polar surface area (TPSA) is 4.93 Å². The second-order valence-corrected chi connectivity index (χ2v) is 14.3. The van der Waals surface area contributed by atoms with Crippen LogP contribution < -0.4 is 0 Å². The molecule has 226 valence electrons. The number of hydrogen-bond acceptors (Lipinski definition) is 0. The molecule has 0 aliphatic heterocycles. The zero-order valence-corrected chi connectivity index (χ0v) is 28.0. The van der Waals surface area contributed by atoms with Gasteiger partial charge in [0.25, 0.3) is 0 Å². The molecule has 0 atom stereocenters. The van der Waals surface area contributed by atoms with Crippen molar-refractivity contribution in [3.8, 4) is 27.9 Å². The van der Waals surface area contributed by atoms with E-state index >= 15 is 0 Å². The van der Waals surface area contributed by atoms with E-state index in [1.54, 1.807) is 0 Å². The van der Waals surface area contributed by atoms with Gasteiger partial charge in [0.1, 0.15) is 0 Å². The van der Waals surface area contributed by atoms with Crippen LogP contribution >= 0.6 is 0 Å². The van der Waals surface area contributed by atoms with Gasteiger partial charge in [-0.25, -0.2) is 0 Å². The summed E-state index contributed by atoms with van der Waals surface area (Å²) in [4.78, 5) is 0. The molecule has 1 aromatic heterocycles. The van der Waals surface area contributed by atoms with Gasteiger partial charge in [-0.05, 0) is 134 Å². The lowest BCUT2D eigenvalue weighted by molar-refractivity contribution is 0.660. The van der Waals surface area contributed by atoms with Crippen LogP contribution in [-0.4, -0.2) is 4.57 Å². The van der Waals surface area contributed by atoms with E-state index in [9.17, 15) is 0 Å². The summed E-state index contributed by atoms with van der Waals surface area (Å²) in [5.74, 6) is 0. The highest BCUT2D eigenvalue weighted by molar-refractivity contribution is 6.12. The first-order valence-corrected chi connectivity index (χ1v) is 16.6. The minimum absolute atomic E-state index is 0.133. The van der Waals surface area contributed by atoms with Gasteiger partial charge < -0.3 is 4.57 Å². The Morgan fingerprint density at radius 2 is 1.07 bits per heavy atom. The van der Waals surface area contributed by atoms with Crippen LogP contribution in [-0.2, 0) is 11.8 Å². The fraction of sp³-hybridized carbons (Fsp3) is 0.200. The maximum Gasteiger partial charge on any atom is 0.0544 e. The Labute approximate surface area is 273 Å². The maximum atomic E-state index is 2.53. The average molecular weight is 596 g/mol. The first-order valence-electron chi connectivity index (χ1n) is 16.6. The molecule has 6 aromatic carbocycles. The molecule has 0 radical (unpaired) electrons. The van der Waals surface area contributed by atoms with Gasteiger partial charge in [0.15, 0.2) is 0 Å². The highest BCUT2D eigenvalue weighted by atomic mass is 15.0. The van der Waals surface area contributed by atoms with Crippen LogP contribution in [0.4, 0.5) is 0 Å². The number of hydrogen-bond donors (Lipinski definition) is 0. The monoisotopic (exact) mass is 595 g/mol. The molecule has 0 unspecified atom stereocenters. The van der Waals surface area contributed by atoms with Gasteiger partial charge in [-0.2, -0.15) is 0 Å². The van der Waals surface area contributed by atoms with Gasteiger partial charge >= 0.3 is 0 Å². The van der Waals surface area contributed by atoms with Crippen molar-refractivity contribution in [2.24, 2.45) is 0 Å². The third-order valence-electron chi connectivity index (χ3n) is 10.4. The highest BCUT2D eigenvalue weighted by Gasteiger charge is 2.37. The van der Waals surface area contributed by atoms with Gasteiger partial charge in [-0.1, -0.05) is 103 Å². The van der Waals surface area contributed by atoms with Crippen LogP contribution in [0.15, 0.2) is 109 Å². The molecule has 46 heavy (non-hydrogen) atoms. The first kappa shape index (κ1) is 28.6. The second-order valence-electron chi connectivity index (χ2n) is 14.3. The Morgan fingerprint density at radius 1 is 0.478 bits per heavy atom. The number of benzene rings is 6. The van der Waals surface area contributed by atoms with E-state index in [2.05, 4.69) is 162 Å². The Kier molecular flexibility index (Phi) is 6.41. The molecular weight excluding hydrogens is 555 g/mol. The minimum Gasteiger partial charge on any atom is -0.309 e. The first-order chi connectivity index (χ1) is 22.1. The van der Waals surface area contributed by atoms with Crippen LogP contribution in [0, 0.1) is 34.6 Å². The van der Waals surface area contributed by atoms with Crippen molar-refractivity contribution in [1.29, 1.82) is 0 Å². The second kappa shape index (κ2) is 10.3. The quantitative estimate of drug-likeness (QED) is 0.191. The van der Waals surface area contributed by atoms with Gasteiger partial charge in [0, 0.05) is 21.9 Å². The fourth-order valence-electron chi connectivity index (χ4n) is 7.77. The summed E-state index contributed by atoms with van der Waals surface area (Å²) in [5, 5.41) is 2.63. The summed E-state index contributed by atoms with van der Waals surface area (Å²) in [6.45, 7) is 15.8. The summed E-state index contributed by atoms with van der Waals surface area (Å²) >= 11 is 0. The number of fused-ring (bicyclic) bond motifs is 6. The fourth-order valence-corrected chi connectivity index (χ4v) is 7.77. The van der Waals surface area contributed by atoms with E-state index in [0.717, 1.165) is 6.42 Å². The summed E-state index contributed by atoms with van der Waals surface area (Å²) in [6.07, 6.45) is 0.910. The lowest BCUT2D eigenvalue weighted by Crippen LogP contribution is -2.15. The van der Waals surface area contributed by atoms with Crippen LogP contribution in [0.2, 0.25) is 0 Å². The maximum absolute atomic E-state index is 2.53. The molecule has 7 aromatic rings. The molecule has 1 nitrogen and oxygen atoms in total. The smallest absolute Gasteiger partial charge is 0.0544 e. The Bertz CT molecular complexity index is 2330. The molecule has 1 aliphatic rings. The van der Waals surface area contributed by atoms with E-state index in [-0.39, 0.29) is 5.41 Å². The molecule has 0 saturated carbocycles. The zero-order chi connectivity index (χ0) is 31.9. The molecular formula is C45H41N. The lowest BCUT2D eigenvalue weighted by Gasteiger charge is -2.24. The van der Waals surface area contributed by atoms with E-state index in [1.807, 2.05) is 0 Å². The molecule has 1 heterocycles. The summed E-state index contributed by atoms with van der Waals surface area (Å²) in [5.41, 5.74) is 21.1. The average Bonchev–Trinajstić information content (AvgIpc) is 3.46. The predicted molar refractivity (Wildman–Crippen MR) is 197 cm³/mol. The molecule has 1 heteroatoms. The van der Waals surface area contributed by atoms with Crippen LogP contribution in [0.1, 0.15) is 63.9 Å². The molecule has 0 saturated heterocycles. The van der Waals surface area contributed by atoms with Gasteiger partial charge in [0.05, 0.1) is 11.0 Å². The zero-order valence-electron chi connectivity index (χ0n) is 28.0. The van der Waals surface area contributed by atoms with Gasteiger partial charge in [-0.15, -0.1) is 0 Å². The van der Waals surface area contributed by atoms with E-state index in [0.29, 0.717) is 0 Å². The normalized spacial score (nSPS) is 13.4. The van der Waals surface area contributed by atoms with Crippen molar-refractivity contribution in [2.75, 3.05) is 0 Å². The van der Waals surface area contributed by atoms with Crippen LogP contribution in [0.25, 0.3) is 49.7 Å². The SMILES string of the molecule is Cc1ccc(Cc2cc3c(cc2-c2cc(C)ccc2C)-c2cc4c5cc(C)ccc5n(-c5ccc(C)cc5)c4cc2C3(C)C)cc1. The molecule has 1 aliphatic carbocycles. The summed E-state index contributed by atoms with van der Waals surface area (Å²) in [6, 6.07) is 41.8. The highest BCUT2D eigenvalue weighted by Crippen LogP contribution is 2.53. The summed E-state index contributed by atoms with van der Waals surface area (Å²) in [7, 11) is 0. The van der Waals surface area contributed by atoms with Crippen molar-refractivity contribution in [3.05, 3.63) is 159 Å². The number of rotatable bonds is 4. The van der Waals surface area contributed by atoms with E-state index < -0.39 is 0 Å². The van der Waals surface area contributed by atoms with E-state index in [1.165, 1.54) is 99.8 Å². The lowest BCUT2D eigenvalue weighted by atomic mass is 9.80.